The van der Waals surface area contributed by atoms with Gasteiger partial charge in [0.05, 0.1) is 6.26 Å². The van der Waals surface area contributed by atoms with Crippen LogP contribution in [-0.2, 0) is 18.9 Å². The number of methoxy groups -OCH3 is 3. The maximum atomic E-state index is 5.99. The van der Waals surface area contributed by atoms with Crippen LogP contribution in [-0.4, -0.2) is 39.8 Å². The number of rotatable bonds is 3. The Kier molecular flexibility index (Phi) is 6.38. The van der Waals surface area contributed by atoms with Crippen LogP contribution >= 0.6 is 0 Å². The normalized spacial score (nSPS) is 25.6. The number of hydrogen-bond donors (Lipinski definition) is 0. The van der Waals surface area contributed by atoms with Gasteiger partial charge in [-0.1, -0.05) is 54.6 Å². The number of hydrogen-bond acceptors (Lipinski definition) is 4. The Morgan fingerprint density at radius 1 is 0.967 bits per heavy atom. The van der Waals surface area contributed by atoms with Gasteiger partial charge in [0.2, 0.25) is 5.79 Å². The Morgan fingerprint density at radius 2 is 1.80 bits per heavy atom. The van der Waals surface area contributed by atoms with Crippen LogP contribution in [0.25, 0.3) is 16.8 Å². The summed E-state index contributed by atoms with van der Waals surface area (Å²) >= 11 is 0. The van der Waals surface area contributed by atoms with Gasteiger partial charge in [-0.15, -0.1) is 0 Å². The van der Waals surface area contributed by atoms with Gasteiger partial charge >= 0.3 is 0 Å². The largest absolute Gasteiger partial charge is 0.497 e. The zero-order chi connectivity index (χ0) is 21.0. The minimum atomic E-state index is -0.750. The van der Waals surface area contributed by atoms with E-state index in [1.807, 2.05) is 18.2 Å². The standard InChI is InChI=1S/C21H24O3.C5H6O/c1-22-19-13-10-15-9-11-17-16-7-5-4-6-14(16)8-12-18(17)20(15)21(19,23-2)24-3;1-2-4-6-5-3-1/h4-9,11-12,15,19-20H,10,13H2,1-3H3;1-4H,5H2. The average Bonchev–Trinajstić information content (AvgIpc) is 2.84. The third-order valence-electron chi connectivity index (χ3n) is 6.46. The minimum absolute atomic E-state index is 0.0698. The van der Waals surface area contributed by atoms with Crippen molar-refractivity contribution in [3.63, 3.8) is 0 Å². The van der Waals surface area contributed by atoms with Gasteiger partial charge in [-0.05, 0) is 52.8 Å². The Morgan fingerprint density at radius 3 is 2.43 bits per heavy atom. The summed E-state index contributed by atoms with van der Waals surface area (Å²) in [6.45, 7) is 0.733. The van der Waals surface area contributed by atoms with Crippen LogP contribution in [0.5, 0.6) is 0 Å². The van der Waals surface area contributed by atoms with E-state index in [9.17, 15) is 0 Å². The van der Waals surface area contributed by atoms with Gasteiger partial charge in [0.25, 0.3) is 0 Å². The van der Waals surface area contributed by atoms with E-state index in [1.165, 1.54) is 21.9 Å². The monoisotopic (exact) mass is 406 g/mol. The fraction of sp³-hybridized carbons (Fsp3) is 0.385. The van der Waals surface area contributed by atoms with Crippen LogP contribution in [0.15, 0.2) is 67.0 Å². The lowest BCUT2D eigenvalue weighted by Gasteiger charge is -2.50. The number of ether oxygens (including phenoxy) is 4. The summed E-state index contributed by atoms with van der Waals surface area (Å²) in [5.74, 6) is -0.208. The molecule has 0 saturated heterocycles. The average molecular weight is 407 g/mol. The first kappa shape index (κ1) is 20.9. The van der Waals surface area contributed by atoms with Crippen LogP contribution in [0.3, 0.4) is 0 Å². The third-order valence-corrected chi connectivity index (χ3v) is 6.46. The van der Waals surface area contributed by atoms with E-state index >= 15 is 0 Å². The topological polar surface area (TPSA) is 36.9 Å². The molecule has 2 aliphatic carbocycles. The third kappa shape index (κ3) is 3.60. The number of benzene rings is 2. The molecule has 0 amide bonds. The Balaban J connectivity index is 0.000000313. The Labute approximate surface area is 178 Å². The molecule has 0 aromatic heterocycles. The fourth-order valence-electron chi connectivity index (χ4n) is 5.08. The van der Waals surface area contributed by atoms with Crippen molar-refractivity contribution >= 4 is 16.8 Å². The molecular weight excluding hydrogens is 376 g/mol. The molecule has 0 bridgehead atoms. The maximum absolute atomic E-state index is 5.99. The molecule has 0 radical (unpaired) electrons. The summed E-state index contributed by atoms with van der Waals surface area (Å²) in [7, 11) is 5.21. The predicted molar refractivity (Wildman–Crippen MR) is 120 cm³/mol. The first-order valence-corrected chi connectivity index (χ1v) is 10.5. The van der Waals surface area contributed by atoms with Crippen molar-refractivity contribution in [1.82, 2.24) is 0 Å². The van der Waals surface area contributed by atoms with Crippen molar-refractivity contribution in [3.05, 3.63) is 78.1 Å². The Hall–Kier alpha value is -2.40. The van der Waals surface area contributed by atoms with Gasteiger partial charge < -0.3 is 18.9 Å². The molecule has 1 saturated carbocycles. The molecule has 4 heteroatoms. The van der Waals surface area contributed by atoms with Crippen LogP contribution in [0, 0.1) is 5.92 Å². The van der Waals surface area contributed by atoms with Crippen LogP contribution < -0.4 is 0 Å². The smallest absolute Gasteiger partial charge is 0.201 e. The van der Waals surface area contributed by atoms with Crippen molar-refractivity contribution in [2.75, 3.05) is 27.9 Å². The zero-order valence-corrected chi connectivity index (χ0v) is 17.9. The van der Waals surface area contributed by atoms with Crippen LogP contribution in [0.4, 0.5) is 0 Å². The van der Waals surface area contributed by atoms with Crippen molar-refractivity contribution in [3.8, 4) is 0 Å². The summed E-state index contributed by atoms with van der Waals surface area (Å²) in [5.41, 5.74) is 2.58. The molecule has 2 aromatic rings. The molecule has 158 valence electrons. The predicted octanol–water partition coefficient (Wildman–Crippen LogP) is 5.45. The van der Waals surface area contributed by atoms with E-state index in [4.69, 9.17) is 18.9 Å². The lowest BCUT2D eigenvalue weighted by atomic mass is 9.66. The summed E-state index contributed by atoms with van der Waals surface area (Å²) < 4.78 is 22.5. The highest BCUT2D eigenvalue weighted by molar-refractivity contribution is 5.92. The van der Waals surface area contributed by atoms with Gasteiger partial charge in [-0.25, -0.2) is 0 Å². The highest BCUT2D eigenvalue weighted by Gasteiger charge is 2.54. The second kappa shape index (κ2) is 9.17. The first-order valence-electron chi connectivity index (χ1n) is 10.5. The molecule has 0 N–H and O–H groups in total. The van der Waals surface area contributed by atoms with E-state index in [0.717, 1.165) is 19.4 Å². The number of fused-ring (bicyclic) bond motifs is 5. The van der Waals surface area contributed by atoms with Gasteiger partial charge in [-0.2, -0.15) is 0 Å². The van der Waals surface area contributed by atoms with Crippen molar-refractivity contribution in [2.45, 2.75) is 30.7 Å². The second-order valence-electron chi connectivity index (χ2n) is 7.81. The molecule has 3 aliphatic rings. The minimum Gasteiger partial charge on any atom is -0.497 e. The van der Waals surface area contributed by atoms with Gasteiger partial charge in [-0.3, -0.25) is 0 Å². The molecule has 0 spiro atoms. The molecule has 5 rings (SSSR count). The summed E-state index contributed by atoms with van der Waals surface area (Å²) in [5, 5.41) is 2.55. The molecule has 1 aliphatic heterocycles. The molecule has 1 fully saturated rings. The van der Waals surface area contributed by atoms with E-state index in [2.05, 4.69) is 48.6 Å². The lowest BCUT2D eigenvalue weighted by molar-refractivity contribution is -0.294. The van der Waals surface area contributed by atoms with Crippen LogP contribution in [0.1, 0.15) is 29.9 Å². The van der Waals surface area contributed by atoms with E-state index in [0.29, 0.717) is 5.92 Å². The first-order chi connectivity index (χ1) is 14.7. The van der Waals surface area contributed by atoms with Gasteiger partial charge in [0.15, 0.2) is 0 Å². The molecule has 2 aromatic carbocycles. The maximum Gasteiger partial charge on any atom is 0.201 e. The number of allylic oxidation sites excluding steroid dienone is 3. The highest BCUT2D eigenvalue weighted by atomic mass is 16.7. The quantitative estimate of drug-likeness (QED) is 0.635. The van der Waals surface area contributed by atoms with E-state index in [1.54, 1.807) is 27.6 Å². The summed E-state index contributed by atoms with van der Waals surface area (Å²) in [4.78, 5) is 0. The zero-order valence-electron chi connectivity index (χ0n) is 17.9. The van der Waals surface area contributed by atoms with Gasteiger partial charge in [0.1, 0.15) is 12.7 Å². The van der Waals surface area contributed by atoms with Crippen LogP contribution in [0.2, 0.25) is 0 Å². The molecule has 30 heavy (non-hydrogen) atoms. The van der Waals surface area contributed by atoms with Gasteiger partial charge in [0, 0.05) is 27.2 Å². The molecule has 1 heterocycles. The SMILES string of the molecule is C1=CCOC=C1.COC1CCC2C=Cc3c(ccc4ccccc34)C2C1(OC)OC. The summed E-state index contributed by atoms with van der Waals surface area (Å²) in [6.07, 6.45) is 14.0. The molecular formula is C26H30O4. The molecule has 3 atom stereocenters. The van der Waals surface area contributed by atoms with E-state index < -0.39 is 5.79 Å². The lowest BCUT2D eigenvalue weighted by Crippen LogP contribution is -2.57. The van der Waals surface area contributed by atoms with E-state index in [-0.39, 0.29) is 12.0 Å². The summed E-state index contributed by atoms with van der Waals surface area (Å²) in [6, 6.07) is 13.0. The Bertz CT molecular complexity index is 943. The molecule has 3 unspecified atom stereocenters. The molecule has 4 nitrogen and oxygen atoms in total. The fourth-order valence-corrected chi connectivity index (χ4v) is 5.08. The second-order valence-corrected chi connectivity index (χ2v) is 7.81. The van der Waals surface area contributed by atoms with Crippen molar-refractivity contribution < 1.29 is 18.9 Å². The highest BCUT2D eigenvalue weighted by Crippen LogP contribution is 2.52. The van der Waals surface area contributed by atoms with Crippen molar-refractivity contribution in [1.29, 1.82) is 0 Å². The van der Waals surface area contributed by atoms with Crippen molar-refractivity contribution in [2.24, 2.45) is 5.92 Å².